The van der Waals surface area contributed by atoms with Crippen molar-refractivity contribution in [1.82, 2.24) is 5.32 Å². The third kappa shape index (κ3) is 6.01. The molecule has 0 radical (unpaired) electrons. The van der Waals surface area contributed by atoms with E-state index >= 15 is 0 Å². The second-order valence-corrected chi connectivity index (χ2v) is 10.0. The van der Waals surface area contributed by atoms with Gasteiger partial charge in [0.15, 0.2) is 0 Å². The van der Waals surface area contributed by atoms with Crippen molar-refractivity contribution in [3.8, 4) is 0 Å². The summed E-state index contributed by atoms with van der Waals surface area (Å²) in [4.78, 5) is 13.8. The molecule has 5 nitrogen and oxygen atoms in total. The number of sulfonamides is 1. The van der Waals surface area contributed by atoms with Gasteiger partial charge in [-0.15, -0.1) is 11.8 Å². The molecule has 0 saturated carbocycles. The fraction of sp³-hybridized carbons (Fsp3) is 0.381. The summed E-state index contributed by atoms with van der Waals surface area (Å²) in [5.41, 5.74) is 3.50. The summed E-state index contributed by atoms with van der Waals surface area (Å²) in [5, 5.41) is 2.85. The van der Waals surface area contributed by atoms with Crippen LogP contribution in [0.2, 0.25) is 0 Å². The molecule has 7 heteroatoms. The summed E-state index contributed by atoms with van der Waals surface area (Å²) in [6.07, 6.45) is 1.13. The van der Waals surface area contributed by atoms with Crippen molar-refractivity contribution in [2.75, 3.05) is 22.9 Å². The lowest BCUT2D eigenvalue weighted by molar-refractivity contribution is -0.121. The number of aryl methyl sites for hydroxylation is 3. The number of carbonyl (C=O) groups excluding carboxylic acids is 1. The number of rotatable bonds is 8. The van der Waals surface area contributed by atoms with Crippen LogP contribution in [0, 0.1) is 20.8 Å². The molecule has 2 aromatic rings. The molecule has 0 fully saturated rings. The first-order valence-electron chi connectivity index (χ1n) is 9.13. The minimum absolute atomic E-state index is 0.309. The zero-order valence-electron chi connectivity index (χ0n) is 17.0. The minimum Gasteiger partial charge on any atom is -0.353 e. The van der Waals surface area contributed by atoms with Gasteiger partial charge >= 0.3 is 0 Å². The summed E-state index contributed by atoms with van der Waals surface area (Å²) < 4.78 is 26.1. The van der Waals surface area contributed by atoms with Crippen LogP contribution in [0.1, 0.15) is 23.6 Å². The Morgan fingerprint density at radius 3 is 2.29 bits per heavy atom. The van der Waals surface area contributed by atoms with E-state index in [1.54, 1.807) is 24.8 Å². The zero-order chi connectivity index (χ0) is 20.9. The SMILES string of the molecule is Cc1ccc(SCCNC(=O)[C@@H](C)N(c2cc(C)ccc2C)S(C)(=O)=O)cc1. The molecule has 0 aromatic heterocycles. The topological polar surface area (TPSA) is 66.5 Å². The summed E-state index contributed by atoms with van der Waals surface area (Å²) >= 11 is 1.65. The highest BCUT2D eigenvalue weighted by Crippen LogP contribution is 2.26. The van der Waals surface area contributed by atoms with Crippen molar-refractivity contribution in [3.63, 3.8) is 0 Å². The first-order valence-corrected chi connectivity index (χ1v) is 12.0. The number of amides is 1. The van der Waals surface area contributed by atoms with Crippen molar-refractivity contribution >= 4 is 33.4 Å². The quantitative estimate of drug-likeness (QED) is 0.523. The monoisotopic (exact) mass is 420 g/mol. The first kappa shape index (κ1) is 22.3. The van der Waals surface area contributed by atoms with Crippen LogP contribution in [0.25, 0.3) is 0 Å². The van der Waals surface area contributed by atoms with Crippen LogP contribution in [0.15, 0.2) is 47.4 Å². The van der Waals surface area contributed by atoms with Crippen molar-refractivity contribution < 1.29 is 13.2 Å². The lowest BCUT2D eigenvalue weighted by Crippen LogP contribution is -2.48. The van der Waals surface area contributed by atoms with Gasteiger partial charge in [-0.25, -0.2) is 8.42 Å². The van der Waals surface area contributed by atoms with Gasteiger partial charge in [0, 0.05) is 17.2 Å². The molecule has 1 amide bonds. The van der Waals surface area contributed by atoms with Gasteiger partial charge in [-0.1, -0.05) is 29.8 Å². The van der Waals surface area contributed by atoms with Crippen molar-refractivity contribution in [1.29, 1.82) is 0 Å². The Kier molecular flexibility index (Phi) is 7.55. The van der Waals surface area contributed by atoms with Crippen LogP contribution in [0.4, 0.5) is 5.69 Å². The Labute approximate surface area is 172 Å². The molecule has 0 heterocycles. The van der Waals surface area contributed by atoms with Gasteiger partial charge in [-0.05, 0) is 57.0 Å². The maximum Gasteiger partial charge on any atom is 0.243 e. The number of thioether (sulfide) groups is 1. The van der Waals surface area contributed by atoms with Gasteiger partial charge in [0.2, 0.25) is 15.9 Å². The number of hydrogen-bond acceptors (Lipinski definition) is 4. The molecule has 0 aliphatic carbocycles. The zero-order valence-corrected chi connectivity index (χ0v) is 18.7. The van der Waals surface area contributed by atoms with Crippen molar-refractivity contribution in [3.05, 3.63) is 59.2 Å². The molecule has 1 N–H and O–H groups in total. The van der Waals surface area contributed by atoms with E-state index in [4.69, 9.17) is 0 Å². The predicted molar refractivity (Wildman–Crippen MR) is 118 cm³/mol. The molecule has 0 aliphatic rings. The Hall–Kier alpha value is -1.99. The average Bonchev–Trinajstić information content (AvgIpc) is 2.62. The third-order valence-corrected chi connectivity index (χ3v) is 6.62. The van der Waals surface area contributed by atoms with E-state index in [-0.39, 0.29) is 5.91 Å². The molecule has 0 spiro atoms. The van der Waals surface area contributed by atoms with Gasteiger partial charge in [0.05, 0.1) is 11.9 Å². The maximum absolute atomic E-state index is 12.6. The third-order valence-electron chi connectivity index (χ3n) is 4.38. The predicted octanol–water partition coefficient (Wildman–Crippen LogP) is 3.67. The van der Waals surface area contributed by atoms with Gasteiger partial charge in [0.25, 0.3) is 0 Å². The fourth-order valence-electron chi connectivity index (χ4n) is 2.86. The highest BCUT2D eigenvalue weighted by Gasteiger charge is 2.30. The lowest BCUT2D eigenvalue weighted by Gasteiger charge is -2.29. The van der Waals surface area contributed by atoms with Gasteiger partial charge in [-0.3, -0.25) is 9.10 Å². The fourth-order valence-corrected chi connectivity index (χ4v) is 4.86. The number of anilines is 1. The highest BCUT2D eigenvalue weighted by atomic mass is 32.2. The van der Waals surface area contributed by atoms with Crippen molar-refractivity contribution in [2.24, 2.45) is 0 Å². The first-order chi connectivity index (χ1) is 13.1. The van der Waals surface area contributed by atoms with E-state index in [2.05, 4.69) is 29.6 Å². The smallest absolute Gasteiger partial charge is 0.243 e. The number of nitrogens with one attached hydrogen (secondary N) is 1. The van der Waals surface area contributed by atoms with Crippen LogP contribution in [0.5, 0.6) is 0 Å². The molecule has 0 bridgehead atoms. The van der Waals surface area contributed by atoms with E-state index in [1.807, 2.05) is 32.9 Å². The van der Waals surface area contributed by atoms with Gasteiger partial charge in [-0.2, -0.15) is 0 Å². The minimum atomic E-state index is -3.61. The number of benzene rings is 2. The van der Waals surface area contributed by atoms with Crippen LogP contribution in [-0.4, -0.2) is 38.9 Å². The highest BCUT2D eigenvalue weighted by molar-refractivity contribution is 7.99. The second-order valence-electron chi connectivity index (χ2n) is 6.98. The molecule has 0 unspecified atom stereocenters. The summed E-state index contributed by atoms with van der Waals surface area (Å²) in [5.74, 6) is 0.403. The number of carbonyl (C=O) groups is 1. The average molecular weight is 421 g/mol. The summed E-state index contributed by atoms with van der Waals surface area (Å²) in [6, 6.07) is 13.0. The molecule has 0 saturated heterocycles. The summed E-state index contributed by atoms with van der Waals surface area (Å²) in [7, 11) is -3.61. The Bertz CT molecular complexity index is 925. The molecular weight excluding hydrogens is 392 g/mol. The normalized spacial score (nSPS) is 12.5. The van der Waals surface area contributed by atoms with Crippen LogP contribution in [0.3, 0.4) is 0 Å². The van der Waals surface area contributed by atoms with Crippen molar-refractivity contribution in [2.45, 2.75) is 38.6 Å². The molecule has 2 rings (SSSR count). The number of hydrogen-bond donors (Lipinski definition) is 1. The Morgan fingerprint density at radius 1 is 1.07 bits per heavy atom. The lowest BCUT2D eigenvalue weighted by atomic mass is 10.1. The van der Waals surface area contributed by atoms with E-state index in [1.165, 1.54) is 9.87 Å². The van der Waals surface area contributed by atoms with Crippen LogP contribution >= 0.6 is 11.8 Å². The Balaban J connectivity index is 2.03. The molecule has 28 heavy (non-hydrogen) atoms. The molecule has 152 valence electrons. The van der Waals surface area contributed by atoms with Gasteiger partial charge in [0.1, 0.15) is 6.04 Å². The Morgan fingerprint density at radius 2 is 1.68 bits per heavy atom. The number of nitrogens with zero attached hydrogens (tertiary/aromatic N) is 1. The molecule has 2 aromatic carbocycles. The van der Waals surface area contributed by atoms with Gasteiger partial charge < -0.3 is 5.32 Å². The maximum atomic E-state index is 12.6. The summed E-state index contributed by atoms with van der Waals surface area (Å²) in [6.45, 7) is 7.86. The van der Waals surface area contributed by atoms with E-state index in [9.17, 15) is 13.2 Å². The van der Waals surface area contributed by atoms with E-state index < -0.39 is 16.1 Å². The standard InChI is InChI=1S/C21H28N2O3S2/c1-15-7-10-19(11-8-15)27-13-12-22-21(24)18(4)23(28(5,25)26)20-14-16(2)6-9-17(20)3/h6-11,14,18H,12-13H2,1-5H3,(H,22,24)/t18-/m1/s1. The van der Waals surface area contributed by atoms with E-state index in [0.717, 1.165) is 22.3 Å². The molecule has 1 atom stereocenters. The van der Waals surface area contributed by atoms with Crippen LogP contribution < -0.4 is 9.62 Å². The van der Waals surface area contributed by atoms with Crippen LogP contribution in [-0.2, 0) is 14.8 Å². The molecule has 0 aliphatic heterocycles. The largest absolute Gasteiger partial charge is 0.353 e. The van der Waals surface area contributed by atoms with E-state index in [0.29, 0.717) is 18.0 Å². The molecular formula is C21H28N2O3S2. The second kappa shape index (κ2) is 9.47.